The van der Waals surface area contributed by atoms with E-state index < -0.39 is 28.7 Å². The molecule has 8 atom stereocenters. The second kappa shape index (κ2) is 16.3. The second-order valence-electron chi connectivity index (χ2n) is 14.0. The second-order valence-corrected chi connectivity index (χ2v) is 15.6. The van der Waals surface area contributed by atoms with E-state index in [0.717, 1.165) is 30.9 Å². The van der Waals surface area contributed by atoms with E-state index in [9.17, 15) is 9.90 Å². The summed E-state index contributed by atoms with van der Waals surface area (Å²) in [6.45, 7) is 22.8. The molecule has 3 saturated heterocycles. The van der Waals surface area contributed by atoms with Crippen LogP contribution in [-0.4, -0.2) is 89.2 Å². The van der Waals surface area contributed by atoms with Gasteiger partial charge in [0.25, 0.3) is 5.91 Å². The molecule has 0 aliphatic carbocycles. The van der Waals surface area contributed by atoms with Gasteiger partial charge in [0.05, 0.1) is 35.8 Å². The van der Waals surface area contributed by atoms with Gasteiger partial charge in [-0.15, -0.1) is 24.9 Å². The normalized spacial score (nSPS) is 26.0. The van der Waals surface area contributed by atoms with E-state index in [1.807, 2.05) is 69.3 Å². The predicted octanol–water partition coefficient (Wildman–Crippen LogP) is 6.41. The minimum Gasteiger partial charge on any atom is -0.494 e. The molecule has 3 fully saturated rings. The van der Waals surface area contributed by atoms with Crippen molar-refractivity contribution in [3.8, 4) is 5.75 Å². The van der Waals surface area contributed by atoms with Crippen LogP contribution in [0.25, 0.3) is 0 Å². The predicted molar refractivity (Wildman–Crippen MR) is 209 cm³/mol. The monoisotopic (exact) mass is 716 g/mol. The van der Waals surface area contributed by atoms with Gasteiger partial charge in [0.2, 0.25) is 11.8 Å². The van der Waals surface area contributed by atoms with Crippen molar-refractivity contribution in [2.24, 2.45) is 23.7 Å². The zero-order chi connectivity index (χ0) is 37.0. The third-order valence-electron chi connectivity index (χ3n) is 11.5. The standard InChI is InChI=1S/C41H56N4O5S/c1-9-23-43(31-19-21-32(22-20-31)50-14-6)38(47)35-34-25-28(8)41(51-34)36(35)39(48)45(33(26-46)27(7)11-3)37(41)40(49)44(24-10-2)30-17-15-29(16-18-30)42(12-4)13-5/h9-10,15-22,27-28,33-37,46H,1-2,11-14,23-26H2,3-8H3/t27-,28?,33-,34-,35+,36-,37?,41?/m0/s1. The van der Waals surface area contributed by atoms with Gasteiger partial charge in [-0.05, 0) is 87.6 Å². The van der Waals surface area contributed by atoms with Crippen molar-refractivity contribution in [1.29, 1.82) is 0 Å². The van der Waals surface area contributed by atoms with E-state index in [1.54, 1.807) is 38.6 Å². The molecule has 3 heterocycles. The highest BCUT2D eigenvalue weighted by Gasteiger charge is 2.77. The Bertz CT molecular complexity index is 1560. The lowest BCUT2D eigenvalue weighted by Crippen LogP contribution is -2.60. The van der Waals surface area contributed by atoms with Gasteiger partial charge < -0.3 is 29.4 Å². The van der Waals surface area contributed by atoms with Crippen LogP contribution in [0.5, 0.6) is 5.75 Å². The average Bonchev–Trinajstić information content (AvgIpc) is 3.74. The van der Waals surface area contributed by atoms with Crippen molar-refractivity contribution < 1.29 is 24.2 Å². The maximum absolute atomic E-state index is 15.3. The topological polar surface area (TPSA) is 93.6 Å². The van der Waals surface area contributed by atoms with Crippen LogP contribution in [0.1, 0.15) is 54.4 Å². The van der Waals surface area contributed by atoms with E-state index in [2.05, 4.69) is 38.8 Å². The summed E-state index contributed by atoms with van der Waals surface area (Å²) in [5, 5.41) is 10.8. The van der Waals surface area contributed by atoms with E-state index in [4.69, 9.17) is 4.74 Å². The van der Waals surface area contributed by atoms with Gasteiger partial charge in [-0.3, -0.25) is 14.4 Å². The highest BCUT2D eigenvalue weighted by Crippen LogP contribution is 2.69. The molecule has 51 heavy (non-hydrogen) atoms. The first-order chi connectivity index (χ1) is 24.6. The molecule has 1 N–H and O–H groups in total. The minimum atomic E-state index is -0.871. The number of nitrogens with zero attached hydrogens (tertiary/aromatic N) is 4. The lowest BCUT2D eigenvalue weighted by molar-refractivity contribution is -0.143. The van der Waals surface area contributed by atoms with Gasteiger partial charge in [-0.25, -0.2) is 0 Å². The zero-order valence-electron chi connectivity index (χ0n) is 31.2. The molecule has 1 spiro atoms. The molecule has 0 aromatic heterocycles. The zero-order valence-corrected chi connectivity index (χ0v) is 32.0. The number of benzene rings is 2. The summed E-state index contributed by atoms with van der Waals surface area (Å²) in [7, 11) is 0. The van der Waals surface area contributed by atoms with Crippen LogP contribution < -0.4 is 19.4 Å². The first-order valence-corrected chi connectivity index (χ1v) is 19.5. The fourth-order valence-electron chi connectivity index (χ4n) is 8.74. The number of likely N-dealkylation sites (tertiary alicyclic amines) is 1. The number of thioether (sulfide) groups is 1. The lowest BCUT2D eigenvalue weighted by atomic mass is 9.65. The maximum atomic E-state index is 15.3. The summed E-state index contributed by atoms with van der Waals surface area (Å²) < 4.78 is 4.80. The number of carbonyl (C=O) groups excluding carboxylic acids is 3. The Morgan fingerprint density at radius 3 is 2.02 bits per heavy atom. The maximum Gasteiger partial charge on any atom is 0.251 e. The number of aliphatic hydroxyl groups is 1. The smallest absolute Gasteiger partial charge is 0.251 e. The molecule has 0 saturated carbocycles. The number of ether oxygens (including phenoxy) is 1. The van der Waals surface area contributed by atoms with Gasteiger partial charge in [-0.2, -0.15) is 0 Å². The van der Waals surface area contributed by atoms with Crippen LogP contribution in [0.15, 0.2) is 73.8 Å². The largest absolute Gasteiger partial charge is 0.494 e. The first-order valence-electron chi connectivity index (χ1n) is 18.6. The molecule has 10 heteroatoms. The molecule has 3 unspecified atom stereocenters. The number of amides is 3. The average molecular weight is 717 g/mol. The number of hydrogen-bond acceptors (Lipinski definition) is 7. The van der Waals surface area contributed by atoms with Crippen molar-refractivity contribution in [3.63, 3.8) is 0 Å². The summed E-state index contributed by atoms with van der Waals surface area (Å²) >= 11 is 1.65. The summed E-state index contributed by atoms with van der Waals surface area (Å²) in [4.78, 5) is 52.6. The lowest BCUT2D eigenvalue weighted by Gasteiger charge is -2.43. The van der Waals surface area contributed by atoms with Crippen LogP contribution in [0.2, 0.25) is 0 Å². The van der Waals surface area contributed by atoms with Gasteiger partial charge in [0.1, 0.15) is 11.8 Å². The van der Waals surface area contributed by atoms with Crippen LogP contribution in [0, 0.1) is 23.7 Å². The molecule has 0 radical (unpaired) electrons. The highest BCUT2D eigenvalue weighted by molar-refractivity contribution is 8.02. The summed E-state index contributed by atoms with van der Waals surface area (Å²) in [5.41, 5.74) is 2.49. The summed E-state index contributed by atoms with van der Waals surface area (Å²) in [6, 6.07) is 14.0. The molecule has 276 valence electrons. The van der Waals surface area contributed by atoms with Gasteiger partial charge in [0.15, 0.2) is 0 Å². The van der Waals surface area contributed by atoms with E-state index in [1.165, 1.54) is 0 Å². The number of hydrogen-bond donors (Lipinski definition) is 1. The van der Waals surface area contributed by atoms with Crippen molar-refractivity contribution in [2.75, 3.05) is 54.1 Å². The Morgan fingerprint density at radius 1 is 0.961 bits per heavy atom. The van der Waals surface area contributed by atoms with Crippen molar-refractivity contribution in [2.45, 2.75) is 76.5 Å². The molecule has 3 aliphatic rings. The third-order valence-corrected chi connectivity index (χ3v) is 13.5. The van der Waals surface area contributed by atoms with Crippen molar-refractivity contribution >= 4 is 46.5 Å². The van der Waals surface area contributed by atoms with Crippen LogP contribution in [-0.2, 0) is 14.4 Å². The highest BCUT2D eigenvalue weighted by atomic mass is 32.2. The minimum absolute atomic E-state index is 0.0188. The Kier molecular flexibility index (Phi) is 12.3. The SMILES string of the molecule is C=CCN(C(=O)C1N([C@@H](CO)[C@@H](C)CC)C(=O)[C@@H]2[C@H](C(=O)N(CC=C)c3ccc(OCC)cc3)[C@@H]3CC(C)C12S3)c1ccc(N(CC)CC)cc1. The molecular formula is C41H56N4O5S. The fourth-order valence-corrected chi connectivity index (χ4v) is 11.1. The molecule has 2 aromatic carbocycles. The van der Waals surface area contributed by atoms with Crippen LogP contribution in [0.4, 0.5) is 17.1 Å². The van der Waals surface area contributed by atoms with Crippen molar-refractivity contribution in [1.82, 2.24) is 4.90 Å². The molecule has 2 aromatic rings. The molecule has 2 bridgehead atoms. The van der Waals surface area contributed by atoms with E-state index >= 15 is 9.59 Å². The Hall–Kier alpha value is -3.76. The van der Waals surface area contributed by atoms with E-state index in [0.29, 0.717) is 24.5 Å². The third kappa shape index (κ3) is 6.70. The Morgan fingerprint density at radius 2 is 1.51 bits per heavy atom. The number of rotatable bonds is 17. The summed E-state index contributed by atoms with van der Waals surface area (Å²) in [6.07, 6.45) is 4.84. The summed E-state index contributed by atoms with van der Waals surface area (Å²) in [5.74, 6) is -1.29. The number of aliphatic hydroxyl groups excluding tert-OH is 1. The molecule has 5 rings (SSSR count). The molecular weight excluding hydrogens is 661 g/mol. The van der Waals surface area contributed by atoms with Crippen molar-refractivity contribution in [3.05, 3.63) is 73.8 Å². The Balaban J connectivity index is 1.60. The first kappa shape index (κ1) is 38.5. The quantitative estimate of drug-likeness (QED) is 0.189. The van der Waals surface area contributed by atoms with Gasteiger partial charge >= 0.3 is 0 Å². The molecule has 9 nitrogen and oxygen atoms in total. The van der Waals surface area contributed by atoms with Gasteiger partial charge in [-0.1, -0.05) is 39.3 Å². The van der Waals surface area contributed by atoms with Gasteiger partial charge in [0, 0.05) is 48.5 Å². The Labute approximate surface area is 308 Å². The van der Waals surface area contributed by atoms with E-state index in [-0.39, 0.29) is 54.5 Å². The molecule has 3 amide bonds. The number of fused-ring (bicyclic) bond motifs is 1. The number of carbonyl (C=O) groups is 3. The van der Waals surface area contributed by atoms with Crippen LogP contribution >= 0.6 is 11.8 Å². The van der Waals surface area contributed by atoms with Crippen LogP contribution in [0.3, 0.4) is 0 Å². The molecule has 3 aliphatic heterocycles. The number of anilines is 3. The fraction of sp³-hybridized carbons (Fsp3) is 0.537.